The molecule has 1 aliphatic rings. The summed E-state index contributed by atoms with van der Waals surface area (Å²) in [6, 6.07) is 12.5. The van der Waals surface area contributed by atoms with Gasteiger partial charge in [-0.15, -0.1) is 0 Å². The zero-order valence-corrected chi connectivity index (χ0v) is 18.2. The highest BCUT2D eigenvalue weighted by molar-refractivity contribution is 6.30. The first kappa shape index (κ1) is 20.8. The molecule has 0 unspecified atom stereocenters. The Labute approximate surface area is 181 Å². The molecule has 0 bridgehead atoms. The number of carbonyl (C=O) groups excluding carboxylic acids is 1. The monoisotopic (exact) mass is 424 g/mol. The fourth-order valence-electron chi connectivity index (χ4n) is 4.52. The van der Waals surface area contributed by atoms with Gasteiger partial charge in [-0.25, -0.2) is 9.37 Å². The van der Waals surface area contributed by atoms with Crippen LogP contribution in [0.5, 0.6) is 0 Å². The van der Waals surface area contributed by atoms with E-state index in [4.69, 9.17) is 11.6 Å². The van der Waals surface area contributed by atoms with Gasteiger partial charge in [0.25, 0.3) is 5.91 Å². The molecule has 0 radical (unpaired) electrons. The number of aromatic nitrogens is 1. The van der Waals surface area contributed by atoms with Gasteiger partial charge in [0.2, 0.25) is 0 Å². The molecule has 1 heterocycles. The quantitative estimate of drug-likeness (QED) is 0.441. The first-order valence-electron chi connectivity index (χ1n) is 10.6. The van der Waals surface area contributed by atoms with Crippen molar-refractivity contribution in [1.82, 2.24) is 9.88 Å². The Morgan fingerprint density at radius 3 is 2.60 bits per heavy atom. The molecule has 0 aliphatic heterocycles. The number of benzene rings is 2. The van der Waals surface area contributed by atoms with Gasteiger partial charge in [-0.1, -0.05) is 54.6 Å². The number of hydrogen-bond donors (Lipinski definition) is 0. The minimum absolute atomic E-state index is 0.0804. The normalized spacial score (nSPS) is 14.8. The van der Waals surface area contributed by atoms with Gasteiger partial charge in [-0.3, -0.25) is 4.79 Å². The summed E-state index contributed by atoms with van der Waals surface area (Å²) in [7, 11) is 0. The second-order valence-electron chi connectivity index (χ2n) is 8.30. The molecule has 0 N–H and O–H groups in total. The number of halogens is 2. The van der Waals surface area contributed by atoms with Crippen LogP contribution in [0, 0.1) is 19.7 Å². The summed E-state index contributed by atoms with van der Waals surface area (Å²) in [5.41, 5.74) is 4.01. The van der Waals surface area contributed by atoms with E-state index in [1.807, 2.05) is 13.0 Å². The Morgan fingerprint density at radius 2 is 1.87 bits per heavy atom. The molecule has 2 aromatic carbocycles. The van der Waals surface area contributed by atoms with Gasteiger partial charge in [-0.05, 0) is 56.5 Å². The van der Waals surface area contributed by atoms with Crippen molar-refractivity contribution in [2.45, 2.75) is 58.5 Å². The molecule has 30 heavy (non-hydrogen) atoms. The summed E-state index contributed by atoms with van der Waals surface area (Å²) < 4.78 is 14.4. The summed E-state index contributed by atoms with van der Waals surface area (Å²) in [4.78, 5) is 19.8. The molecule has 156 valence electrons. The van der Waals surface area contributed by atoms with Crippen LogP contribution in [0.1, 0.15) is 59.2 Å². The molecule has 1 fully saturated rings. The standard InChI is InChI=1S/C25H26ClFN2O/c1-16-12-17(2)23-18(13-16)14-19(24(26)28-23)15-29(20-8-4-3-5-9-20)25(30)21-10-6-7-11-22(21)27/h6-7,10-14,20H,3-5,8-9,15H2,1-2H3. The van der Waals surface area contributed by atoms with E-state index in [0.29, 0.717) is 11.7 Å². The molecule has 5 heteroatoms. The highest BCUT2D eigenvalue weighted by Crippen LogP contribution is 2.30. The minimum Gasteiger partial charge on any atom is -0.331 e. The number of aryl methyl sites for hydroxylation is 2. The lowest BCUT2D eigenvalue weighted by Gasteiger charge is -2.35. The van der Waals surface area contributed by atoms with E-state index in [9.17, 15) is 9.18 Å². The molecule has 0 spiro atoms. The van der Waals surface area contributed by atoms with Crippen LogP contribution >= 0.6 is 11.6 Å². The molecular weight excluding hydrogens is 399 g/mol. The van der Waals surface area contributed by atoms with E-state index >= 15 is 0 Å². The molecule has 0 saturated heterocycles. The lowest BCUT2D eigenvalue weighted by Crippen LogP contribution is -2.41. The SMILES string of the molecule is Cc1cc(C)c2nc(Cl)c(CN(C(=O)c3ccccc3F)C3CCCCC3)cc2c1. The first-order chi connectivity index (χ1) is 14.4. The molecule has 4 rings (SSSR count). The molecule has 3 nitrogen and oxygen atoms in total. The molecule has 3 aromatic rings. The van der Waals surface area contributed by atoms with Gasteiger partial charge in [0, 0.05) is 23.5 Å². The second kappa shape index (κ2) is 8.73. The summed E-state index contributed by atoms with van der Waals surface area (Å²) >= 11 is 6.56. The summed E-state index contributed by atoms with van der Waals surface area (Å²) in [6.45, 7) is 4.40. The van der Waals surface area contributed by atoms with Gasteiger partial charge in [0.05, 0.1) is 11.1 Å². The van der Waals surface area contributed by atoms with E-state index in [0.717, 1.165) is 53.3 Å². The van der Waals surface area contributed by atoms with Crippen molar-refractivity contribution in [3.8, 4) is 0 Å². The lowest BCUT2D eigenvalue weighted by molar-refractivity contribution is 0.0609. The molecular formula is C25H26ClFN2O. The Bertz CT molecular complexity index is 1090. The number of amides is 1. The number of rotatable bonds is 4. The zero-order valence-electron chi connectivity index (χ0n) is 17.4. The molecule has 1 aliphatic carbocycles. The molecule has 1 saturated carbocycles. The van der Waals surface area contributed by atoms with Crippen molar-refractivity contribution < 1.29 is 9.18 Å². The predicted octanol–water partition coefficient (Wildman–Crippen LogP) is 6.62. The molecule has 1 amide bonds. The molecule has 0 atom stereocenters. The van der Waals surface area contributed by atoms with Crippen LogP contribution in [0.3, 0.4) is 0 Å². The maximum atomic E-state index is 14.4. The van der Waals surface area contributed by atoms with Crippen LogP contribution in [0.15, 0.2) is 42.5 Å². The Kier molecular flexibility index (Phi) is 6.05. The smallest absolute Gasteiger partial charge is 0.257 e. The third-order valence-corrected chi connectivity index (χ3v) is 6.33. The summed E-state index contributed by atoms with van der Waals surface area (Å²) in [5, 5.41) is 1.41. The largest absolute Gasteiger partial charge is 0.331 e. The van der Waals surface area contributed by atoms with Crippen molar-refractivity contribution >= 4 is 28.4 Å². The summed E-state index contributed by atoms with van der Waals surface area (Å²) in [6.07, 6.45) is 5.19. The molecule has 1 aromatic heterocycles. The number of carbonyl (C=O) groups is 1. The highest BCUT2D eigenvalue weighted by Gasteiger charge is 2.28. The van der Waals surface area contributed by atoms with Crippen LogP contribution < -0.4 is 0 Å². The van der Waals surface area contributed by atoms with Crippen LogP contribution in [0.2, 0.25) is 5.15 Å². The topological polar surface area (TPSA) is 33.2 Å². The second-order valence-corrected chi connectivity index (χ2v) is 8.65. The van der Waals surface area contributed by atoms with Crippen molar-refractivity contribution in [2.75, 3.05) is 0 Å². The number of nitrogens with zero attached hydrogens (tertiary/aromatic N) is 2. The summed E-state index contributed by atoms with van der Waals surface area (Å²) in [5.74, 6) is -0.770. The zero-order chi connectivity index (χ0) is 21.3. The number of hydrogen-bond acceptors (Lipinski definition) is 2. The van der Waals surface area contributed by atoms with Gasteiger partial charge in [0.1, 0.15) is 11.0 Å². The maximum Gasteiger partial charge on any atom is 0.257 e. The van der Waals surface area contributed by atoms with Crippen LogP contribution in [-0.2, 0) is 6.54 Å². The van der Waals surface area contributed by atoms with E-state index in [1.165, 1.54) is 12.5 Å². The van der Waals surface area contributed by atoms with E-state index in [2.05, 4.69) is 24.0 Å². The van der Waals surface area contributed by atoms with Crippen LogP contribution in [0.25, 0.3) is 10.9 Å². The van der Waals surface area contributed by atoms with Crippen molar-refractivity contribution in [3.05, 3.63) is 75.7 Å². The van der Waals surface area contributed by atoms with Gasteiger partial charge < -0.3 is 4.90 Å². The van der Waals surface area contributed by atoms with Gasteiger partial charge in [-0.2, -0.15) is 0 Å². The third-order valence-electron chi connectivity index (χ3n) is 6.00. The van der Waals surface area contributed by atoms with Gasteiger partial charge in [0.15, 0.2) is 0 Å². The van der Waals surface area contributed by atoms with E-state index < -0.39 is 5.82 Å². The average molecular weight is 425 g/mol. The third kappa shape index (κ3) is 4.20. The van der Waals surface area contributed by atoms with E-state index in [1.54, 1.807) is 23.1 Å². The number of fused-ring (bicyclic) bond motifs is 1. The predicted molar refractivity (Wildman–Crippen MR) is 119 cm³/mol. The minimum atomic E-state index is -0.489. The van der Waals surface area contributed by atoms with Crippen LogP contribution in [0.4, 0.5) is 4.39 Å². The highest BCUT2D eigenvalue weighted by atomic mass is 35.5. The Balaban J connectivity index is 1.74. The maximum absolute atomic E-state index is 14.4. The first-order valence-corrected chi connectivity index (χ1v) is 10.9. The Morgan fingerprint density at radius 1 is 1.13 bits per heavy atom. The lowest BCUT2D eigenvalue weighted by atomic mass is 9.93. The fraction of sp³-hybridized carbons (Fsp3) is 0.360. The number of pyridine rings is 1. The van der Waals surface area contributed by atoms with Crippen LogP contribution in [-0.4, -0.2) is 21.8 Å². The van der Waals surface area contributed by atoms with Gasteiger partial charge >= 0.3 is 0 Å². The van der Waals surface area contributed by atoms with Crippen molar-refractivity contribution in [3.63, 3.8) is 0 Å². The van der Waals surface area contributed by atoms with Crippen molar-refractivity contribution in [2.24, 2.45) is 0 Å². The van der Waals surface area contributed by atoms with E-state index in [-0.39, 0.29) is 17.5 Å². The average Bonchev–Trinajstić information content (AvgIpc) is 2.73. The van der Waals surface area contributed by atoms with Crippen molar-refractivity contribution in [1.29, 1.82) is 0 Å². The Hall–Kier alpha value is -2.46. The fourth-order valence-corrected chi connectivity index (χ4v) is 4.71.